The molecule has 3 aromatic carbocycles. The number of halogens is 6. The fourth-order valence-electron chi connectivity index (χ4n) is 2.82. The van der Waals surface area contributed by atoms with Crippen molar-refractivity contribution in [3.63, 3.8) is 0 Å². The highest BCUT2D eigenvalue weighted by Gasteiger charge is 2.30. The molecule has 0 atom stereocenters. The van der Waals surface area contributed by atoms with Gasteiger partial charge in [0, 0.05) is 5.69 Å². The van der Waals surface area contributed by atoms with E-state index in [9.17, 15) is 27.6 Å². The van der Waals surface area contributed by atoms with Crippen LogP contribution in [0.25, 0.3) is 6.08 Å². The Morgan fingerprint density at radius 2 is 1.71 bits per heavy atom. The Kier molecular flexibility index (Phi) is 8.53. The summed E-state index contributed by atoms with van der Waals surface area (Å²) >= 11 is 4.11. The Bertz CT molecular complexity index is 1260. The van der Waals surface area contributed by atoms with Gasteiger partial charge < -0.3 is 10.1 Å². The second-order valence-electron chi connectivity index (χ2n) is 6.93. The van der Waals surface area contributed by atoms with E-state index < -0.39 is 17.6 Å². The van der Waals surface area contributed by atoms with E-state index in [1.807, 2.05) is 0 Å². The summed E-state index contributed by atoms with van der Waals surface area (Å²) in [7, 11) is 0. The number of nitrogens with one attached hydrogen (secondary N) is 1. The van der Waals surface area contributed by atoms with Crippen LogP contribution in [0.5, 0.6) is 5.75 Å². The van der Waals surface area contributed by atoms with E-state index >= 15 is 0 Å². The summed E-state index contributed by atoms with van der Waals surface area (Å²) in [5.74, 6) is -0.576. The van der Waals surface area contributed by atoms with Crippen LogP contribution in [0.2, 0.25) is 0 Å². The van der Waals surface area contributed by atoms with Crippen LogP contribution in [0.4, 0.5) is 23.2 Å². The predicted molar refractivity (Wildman–Crippen MR) is 136 cm³/mol. The number of anilines is 1. The second-order valence-corrected chi connectivity index (χ2v) is 9.26. The van der Waals surface area contributed by atoms with Crippen molar-refractivity contribution < 1.29 is 27.1 Å². The van der Waals surface area contributed by atoms with Crippen molar-refractivity contribution in [1.29, 1.82) is 5.26 Å². The fourth-order valence-corrected chi connectivity index (χ4v) is 4.95. The van der Waals surface area contributed by atoms with Crippen molar-refractivity contribution >= 4 is 62.9 Å². The van der Waals surface area contributed by atoms with Gasteiger partial charge in [0.15, 0.2) is 0 Å². The van der Waals surface area contributed by atoms with Crippen LogP contribution < -0.4 is 10.1 Å². The van der Waals surface area contributed by atoms with E-state index in [2.05, 4.69) is 50.5 Å². The molecule has 0 spiro atoms. The standard InChI is InChI=1S/C24H14F4I2N2O2/c25-18-6-4-14(5-7-18)13-34-22-20(29)9-15(10-21(22)30)8-16(12-31)23(33)32-19-3-1-2-17(11-19)24(26,27)28/h1-11H,13H2,(H,32,33)/b16-8-. The number of nitriles is 1. The van der Waals surface area contributed by atoms with Gasteiger partial charge >= 0.3 is 6.18 Å². The van der Waals surface area contributed by atoms with Crippen molar-refractivity contribution in [3.8, 4) is 11.8 Å². The van der Waals surface area contributed by atoms with Gasteiger partial charge in [0.2, 0.25) is 0 Å². The van der Waals surface area contributed by atoms with Gasteiger partial charge in [0.1, 0.15) is 29.8 Å². The number of carbonyl (C=O) groups excluding carboxylic acids is 1. The molecule has 0 aliphatic rings. The summed E-state index contributed by atoms with van der Waals surface area (Å²) in [5, 5.41) is 11.8. The highest BCUT2D eigenvalue weighted by Crippen LogP contribution is 2.32. The summed E-state index contributed by atoms with van der Waals surface area (Å²) in [6.07, 6.45) is -3.21. The van der Waals surface area contributed by atoms with Crippen LogP contribution in [0.15, 0.2) is 66.2 Å². The zero-order valence-corrected chi connectivity index (χ0v) is 21.4. The van der Waals surface area contributed by atoms with Crippen LogP contribution in [0, 0.1) is 24.3 Å². The van der Waals surface area contributed by atoms with E-state index in [4.69, 9.17) is 4.74 Å². The van der Waals surface area contributed by atoms with E-state index in [-0.39, 0.29) is 23.7 Å². The number of benzene rings is 3. The molecule has 1 amide bonds. The number of carbonyl (C=O) groups is 1. The number of ether oxygens (including phenoxy) is 1. The second kappa shape index (κ2) is 11.2. The number of amides is 1. The van der Waals surface area contributed by atoms with Crippen LogP contribution >= 0.6 is 45.2 Å². The highest BCUT2D eigenvalue weighted by atomic mass is 127. The number of alkyl halides is 3. The van der Waals surface area contributed by atoms with Gasteiger partial charge in [-0.2, -0.15) is 18.4 Å². The summed E-state index contributed by atoms with van der Waals surface area (Å²) in [4.78, 5) is 12.5. The Labute approximate surface area is 219 Å². The van der Waals surface area contributed by atoms with Crippen molar-refractivity contribution in [3.05, 3.63) is 95.9 Å². The summed E-state index contributed by atoms with van der Waals surface area (Å²) < 4.78 is 59.0. The highest BCUT2D eigenvalue weighted by molar-refractivity contribution is 14.1. The van der Waals surface area contributed by atoms with Crippen molar-refractivity contribution in [1.82, 2.24) is 0 Å². The lowest BCUT2D eigenvalue weighted by Gasteiger charge is -2.12. The molecule has 174 valence electrons. The zero-order valence-electron chi connectivity index (χ0n) is 17.1. The lowest BCUT2D eigenvalue weighted by atomic mass is 10.1. The third kappa shape index (κ3) is 6.92. The Balaban J connectivity index is 1.77. The smallest absolute Gasteiger partial charge is 0.416 e. The minimum atomic E-state index is -4.55. The molecule has 0 aromatic heterocycles. The van der Waals surface area contributed by atoms with Gasteiger partial charge in [-0.15, -0.1) is 0 Å². The SMILES string of the molecule is N#C/C(=C/c1cc(I)c(OCc2ccc(F)cc2)c(I)c1)C(=O)Nc1cccc(C(F)(F)F)c1. The maximum Gasteiger partial charge on any atom is 0.416 e. The molecule has 0 heterocycles. The normalized spacial score (nSPS) is 11.6. The molecule has 0 saturated heterocycles. The number of hydrogen-bond acceptors (Lipinski definition) is 3. The monoisotopic (exact) mass is 692 g/mol. The third-order valence-electron chi connectivity index (χ3n) is 4.44. The Morgan fingerprint density at radius 3 is 2.29 bits per heavy atom. The quantitative estimate of drug-likeness (QED) is 0.129. The predicted octanol–water partition coefficient (Wildman–Crippen LogP) is 7.18. The molecular formula is C24H14F4I2N2O2. The number of rotatable bonds is 6. The van der Waals surface area contributed by atoms with E-state index in [0.29, 0.717) is 18.5 Å². The minimum Gasteiger partial charge on any atom is -0.487 e. The molecule has 3 rings (SSSR count). The number of nitrogens with zero attached hydrogens (tertiary/aromatic N) is 1. The molecule has 0 fully saturated rings. The minimum absolute atomic E-state index is 0.0744. The molecule has 3 aromatic rings. The molecule has 0 radical (unpaired) electrons. The van der Waals surface area contributed by atoms with Gasteiger partial charge in [0.05, 0.1) is 12.7 Å². The third-order valence-corrected chi connectivity index (χ3v) is 6.04. The van der Waals surface area contributed by atoms with Gasteiger partial charge in [-0.3, -0.25) is 4.79 Å². The molecule has 0 aliphatic heterocycles. The lowest BCUT2D eigenvalue weighted by molar-refractivity contribution is -0.137. The average molecular weight is 692 g/mol. The van der Waals surface area contributed by atoms with E-state index in [1.54, 1.807) is 30.3 Å². The average Bonchev–Trinajstić information content (AvgIpc) is 2.77. The molecule has 0 unspecified atom stereocenters. The van der Waals surface area contributed by atoms with Gasteiger partial charge in [-0.1, -0.05) is 18.2 Å². The topological polar surface area (TPSA) is 62.1 Å². The number of hydrogen-bond donors (Lipinski definition) is 1. The molecule has 0 bridgehead atoms. The first-order chi connectivity index (χ1) is 16.1. The Morgan fingerprint density at radius 1 is 1.06 bits per heavy atom. The maximum atomic E-state index is 13.1. The van der Waals surface area contributed by atoms with Crippen molar-refractivity contribution in [2.45, 2.75) is 12.8 Å². The molecule has 1 N–H and O–H groups in total. The molecule has 10 heteroatoms. The van der Waals surface area contributed by atoms with Crippen LogP contribution in [-0.2, 0) is 17.6 Å². The van der Waals surface area contributed by atoms with Crippen molar-refractivity contribution in [2.24, 2.45) is 0 Å². The van der Waals surface area contributed by atoms with Crippen LogP contribution in [0.3, 0.4) is 0 Å². The van der Waals surface area contributed by atoms with Crippen LogP contribution in [0.1, 0.15) is 16.7 Å². The first-order valence-electron chi connectivity index (χ1n) is 9.53. The Hall–Kier alpha value is -2.66. The summed E-state index contributed by atoms with van der Waals surface area (Å²) in [5.41, 5.74) is 0.0699. The molecule has 4 nitrogen and oxygen atoms in total. The fraction of sp³-hybridized carbons (Fsp3) is 0.0833. The largest absolute Gasteiger partial charge is 0.487 e. The summed E-state index contributed by atoms with van der Waals surface area (Å²) in [6, 6.07) is 15.3. The zero-order chi connectivity index (χ0) is 24.9. The maximum absolute atomic E-state index is 13.1. The first kappa shape index (κ1) is 26.0. The first-order valence-corrected chi connectivity index (χ1v) is 11.7. The van der Waals surface area contributed by atoms with E-state index in [0.717, 1.165) is 17.7 Å². The molecule has 0 aliphatic carbocycles. The summed E-state index contributed by atoms with van der Waals surface area (Å²) in [6.45, 7) is 0.226. The van der Waals surface area contributed by atoms with Gasteiger partial charge in [-0.05, 0) is 105 Å². The van der Waals surface area contributed by atoms with Gasteiger partial charge in [-0.25, -0.2) is 4.39 Å². The molecule has 34 heavy (non-hydrogen) atoms. The lowest BCUT2D eigenvalue weighted by Crippen LogP contribution is -2.14. The van der Waals surface area contributed by atoms with E-state index in [1.165, 1.54) is 30.3 Å². The molecular weight excluding hydrogens is 678 g/mol. The molecule has 0 saturated carbocycles. The van der Waals surface area contributed by atoms with Crippen LogP contribution in [-0.4, -0.2) is 5.91 Å². The van der Waals surface area contributed by atoms with Crippen molar-refractivity contribution in [2.75, 3.05) is 5.32 Å². The van der Waals surface area contributed by atoms with Gasteiger partial charge in [0.25, 0.3) is 5.91 Å².